The fourth-order valence-electron chi connectivity index (χ4n) is 1.65. The average Bonchev–Trinajstić information content (AvgIpc) is 2.98. The lowest BCUT2D eigenvalue weighted by atomic mass is 10.2. The molecule has 1 heterocycles. The van der Waals surface area contributed by atoms with E-state index in [0.29, 0.717) is 10.2 Å². The van der Waals surface area contributed by atoms with Crippen molar-refractivity contribution in [1.82, 2.24) is 0 Å². The highest BCUT2D eigenvalue weighted by Gasteiger charge is 2.19. The van der Waals surface area contributed by atoms with Crippen LogP contribution in [0.25, 0.3) is 0 Å². The number of hydrogen-bond acceptors (Lipinski definition) is 6. The molecule has 120 valence electrons. The van der Waals surface area contributed by atoms with E-state index in [-0.39, 0.29) is 5.76 Å². The van der Waals surface area contributed by atoms with E-state index >= 15 is 0 Å². The number of benzene rings is 1. The molecular formula is C14H11BrN2O6. The molecule has 23 heavy (non-hydrogen) atoms. The van der Waals surface area contributed by atoms with Gasteiger partial charge in [-0.15, -0.1) is 0 Å². The first-order valence-corrected chi connectivity index (χ1v) is 7.13. The molecule has 0 aliphatic heterocycles. The Morgan fingerprint density at radius 1 is 1.35 bits per heavy atom. The molecule has 0 unspecified atom stereocenters. The number of carbonyl (C=O) groups is 2. The molecule has 0 saturated carbocycles. The minimum atomic E-state index is -0.962. The molecule has 0 spiro atoms. The van der Waals surface area contributed by atoms with Crippen LogP contribution in [0.1, 0.15) is 16.1 Å². The Bertz CT molecular complexity index is 770. The molecule has 1 aromatic heterocycles. The Hall–Kier alpha value is -2.68. The Labute approximate surface area is 138 Å². The summed E-state index contributed by atoms with van der Waals surface area (Å²) in [7, 11) is 0. The van der Waals surface area contributed by atoms with Crippen molar-refractivity contribution in [2.45, 2.75) is 6.92 Å². The highest BCUT2D eigenvalue weighted by atomic mass is 79.9. The van der Waals surface area contributed by atoms with Crippen LogP contribution in [-0.2, 0) is 9.53 Å². The van der Waals surface area contributed by atoms with Gasteiger partial charge in [-0.25, -0.2) is 4.79 Å². The molecule has 0 aliphatic carbocycles. The Kier molecular flexibility index (Phi) is 5.12. The van der Waals surface area contributed by atoms with Crippen LogP contribution in [-0.4, -0.2) is 23.4 Å². The molecule has 0 bridgehead atoms. The fraction of sp³-hybridized carbons (Fsp3) is 0.143. The number of anilines is 1. The number of halogens is 1. The van der Waals surface area contributed by atoms with E-state index < -0.39 is 29.3 Å². The molecule has 2 aromatic rings. The molecular weight excluding hydrogens is 372 g/mol. The number of nitrogens with one attached hydrogen (secondary N) is 1. The lowest BCUT2D eigenvalue weighted by Crippen LogP contribution is -2.21. The second-order valence-corrected chi connectivity index (χ2v) is 5.36. The number of esters is 1. The minimum Gasteiger partial charge on any atom is -0.450 e. The Morgan fingerprint density at radius 3 is 2.70 bits per heavy atom. The average molecular weight is 383 g/mol. The maximum Gasteiger partial charge on any atom is 0.433 e. The second-order valence-electron chi connectivity index (χ2n) is 4.50. The van der Waals surface area contributed by atoms with Gasteiger partial charge >= 0.3 is 11.9 Å². The van der Waals surface area contributed by atoms with Gasteiger partial charge in [0.05, 0.1) is 11.8 Å². The molecule has 2 rings (SSSR count). The van der Waals surface area contributed by atoms with Crippen molar-refractivity contribution in [2.75, 3.05) is 11.9 Å². The van der Waals surface area contributed by atoms with E-state index in [2.05, 4.69) is 25.7 Å². The summed E-state index contributed by atoms with van der Waals surface area (Å²) in [4.78, 5) is 33.0. The maximum absolute atomic E-state index is 11.8. The largest absolute Gasteiger partial charge is 0.450 e. The Morgan fingerprint density at radius 2 is 2.09 bits per heavy atom. The first-order valence-electron chi connectivity index (χ1n) is 6.34. The van der Waals surface area contributed by atoms with Gasteiger partial charge < -0.3 is 14.5 Å². The summed E-state index contributed by atoms with van der Waals surface area (Å²) >= 11 is 3.31. The molecule has 1 aromatic carbocycles. The highest BCUT2D eigenvalue weighted by Crippen LogP contribution is 2.23. The second kappa shape index (κ2) is 7.05. The summed E-state index contributed by atoms with van der Waals surface area (Å²) < 4.78 is 10.1. The third-order valence-corrected chi connectivity index (χ3v) is 3.36. The van der Waals surface area contributed by atoms with Gasteiger partial charge in [0.2, 0.25) is 5.76 Å². The molecule has 0 aliphatic rings. The van der Waals surface area contributed by atoms with Crippen molar-refractivity contribution in [1.29, 1.82) is 0 Å². The smallest absolute Gasteiger partial charge is 0.433 e. The van der Waals surface area contributed by atoms with Crippen LogP contribution in [0.4, 0.5) is 11.6 Å². The van der Waals surface area contributed by atoms with Gasteiger partial charge in [-0.3, -0.25) is 14.9 Å². The summed E-state index contributed by atoms with van der Waals surface area (Å²) in [6.07, 6.45) is 0. The first-order chi connectivity index (χ1) is 10.9. The molecule has 0 radical (unpaired) electrons. The number of carbonyl (C=O) groups excluding carboxylic acids is 2. The predicted molar refractivity (Wildman–Crippen MR) is 83.2 cm³/mol. The van der Waals surface area contributed by atoms with E-state index in [1.807, 2.05) is 19.1 Å². The van der Waals surface area contributed by atoms with E-state index in [1.165, 1.54) is 0 Å². The van der Waals surface area contributed by atoms with Crippen molar-refractivity contribution in [2.24, 2.45) is 0 Å². The zero-order chi connectivity index (χ0) is 17.0. The topological polar surface area (TPSA) is 112 Å². The van der Waals surface area contributed by atoms with Crippen LogP contribution < -0.4 is 5.32 Å². The van der Waals surface area contributed by atoms with Crippen molar-refractivity contribution in [3.63, 3.8) is 0 Å². The van der Waals surface area contributed by atoms with Crippen LogP contribution in [0, 0.1) is 17.0 Å². The van der Waals surface area contributed by atoms with Crippen LogP contribution >= 0.6 is 15.9 Å². The van der Waals surface area contributed by atoms with E-state index in [4.69, 9.17) is 4.74 Å². The lowest BCUT2D eigenvalue weighted by Gasteiger charge is -2.08. The molecule has 0 saturated heterocycles. The van der Waals surface area contributed by atoms with Crippen LogP contribution in [0.3, 0.4) is 0 Å². The number of ether oxygens (including phenoxy) is 1. The zero-order valence-corrected chi connectivity index (χ0v) is 13.5. The molecule has 0 atom stereocenters. The van der Waals surface area contributed by atoms with Crippen LogP contribution in [0.2, 0.25) is 0 Å². The number of hydrogen-bond donors (Lipinski definition) is 1. The summed E-state index contributed by atoms with van der Waals surface area (Å²) in [6.45, 7) is 1.36. The van der Waals surface area contributed by atoms with E-state index in [9.17, 15) is 19.7 Å². The zero-order valence-electron chi connectivity index (χ0n) is 11.9. The highest BCUT2D eigenvalue weighted by molar-refractivity contribution is 9.10. The summed E-state index contributed by atoms with van der Waals surface area (Å²) in [6, 6.07) is 7.47. The van der Waals surface area contributed by atoms with E-state index in [0.717, 1.165) is 17.7 Å². The van der Waals surface area contributed by atoms with Gasteiger partial charge in [0, 0.05) is 4.47 Å². The Balaban J connectivity index is 1.90. The monoisotopic (exact) mass is 382 g/mol. The van der Waals surface area contributed by atoms with Gasteiger partial charge in [0.15, 0.2) is 6.61 Å². The van der Waals surface area contributed by atoms with Crippen LogP contribution in [0.5, 0.6) is 0 Å². The van der Waals surface area contributed by atoms with Gasteiger partial charge in [-0.1, -0.05) is 6.07 Å². The molecule has 9 heteroatoms. The quantitative estimate of drug-likeness (QED) is 0.483. The van der Waals surface area contributed by atoms with Gasteiger partial charge in [0.25, 0.3) is 5.91 Å². The molecule has 1 N–H and O–H groups in total. The maximum atomic E-state index is 11.8. The number of nitrogens with zero attached hydrogens (tertiary/aromatic N) is 1. The normalized spacial score (nSPS) is 10.2. The van der Waals surface area contributed by atoms with Gasteiger partial charge in [-0.05, 0) is 46.6 Å². The van der Waals surface area contributed by atoms with Gasteiger partial charge in [-0.2, -0.15) is 0 Å². The molecule has 8 nitrogen and oxygen atoms in total. The third-order valence-electron chi connectivity index (χ3n) is 2.71. The standard InChI is InChI=1S/C14H11BrN2O6/c1-8-2-3-10(9(15)6-8)16-12(18)7-22-14(19)11-4-5-13(23-11)17(20)21/h2-6H,7H2,1H3,(H,16,18). The lowest BCUT2D eigenvalue weighted by molar-refractivity contribution is -0.402. The van der Waals surface area contributed by atoms with Gasteiger partial charge in [0.1, 0.15) is 4.92 Å². The van der Waals surface area contributed by atoms with Crippen molar-refractivity contribution < 1.29 is 23.7 Å². The predicted octanol–water partition coefficient (Wildman–Crippen LogP) is 3.05. The third kappa shape index (κ3) is 4.39. The van der Waals surface area contributed by atoms with Crippen LogP contribution in [0.15, 0.2) is 39.2 Å². The summed E-state index contributed by atoms with van der Waals surface area (Å²) in [5, 5.41) is 13.0. The van der Waals surface area contributed by atoms with Crippen molar-refractivity contribution in [3.8, 4) is 0 Å². The summed E-state index contributed by atoms with van der Waals surface area (Å²) in [5.74, 6) is -2.44. The number of nitro groups is 1. The number of aryl methyl sites for hydroxylation is 1. The fourth-order valence-corrected chi connectivity index (χ4v) is 2.24. The summed E-state index contributed by atoms with van der Waals surface area (Å²) in [5.41, 5.74) is 1.55. The SMILES string of the molecule is Cc1ccc(NC(=O)COC(=O)c2ccc([N+](=O)[O-])o2)c(Br)c1. The number of furan rings is 1. The van der Waals surface area contributed by atoms with Crippen molar-refractivity contribution in [3.05, 3.63) is 56.2 Å². The number of rotatable bonds is 5. The number of amides is 1. The first kappa shape index (κ1) is 16.7. The molecule has 0 fully saturated rings. The van der Waals surface area contributed by atoms with E-state index in [1.54, 1.807) is 6.07 Å². The van der Waals surface area contributed by atoms with Crippen molar-refractivity contribution >= 4 is 39.4 Å². The molecule has 1 amide bonds. The minimum absolute atomic E-state index is 0.346.